The fourth-order valence-corrected chi connectivity index (χ4v) is 3.54. The monoisotopic (exact) mass is 356 g/mol. The Balaban J connectivity index is 1.39. The van der Waals surface area contributed by atoms with E-state index >= 15 is 0 Å². The maximum absolute atomic E-state index is 6.11. The molecule has 2 fully saturated rings. The summed E-state index contributed by atoms with van der Waals surface area (Å²) < 4.78 is 12.2. The average molecular weight is 356 g/mol. The molecule has 2 aromatic rings. The van der Waals surface area contributed by atoms with Crippen molar-refractivity contribution in [2.24, 2.45) is 0 Å². The largest absolute Gasteiger partial charge is 0.473 e. The Morgan fingerprint density at radius 3 is 2.88 bits per heavy atom. The fourth-order valence-electron chi connectivity index (χ4n) is 3.54. The van der Waals surface area contributed by atoms with E-state index in [0.717, 1.165) is 43.3 Å². The lowest BCUT2D eigenvalue weighted by atomic mass is 9.84. The fraction of sp³-hybridized carbons (Fsp3) is 0.556. The summed E-state index contributed by atoms with van der Waals surface area (Å²) in [5.41, 5.74) is 0.697. The lowest BCUT2D eigenvalue weighted by molar-refractivity contribution is -0.126. The molecule has 8 heteroatoms. The van der Waals surface area contributed by atoms with Gasteiger partial charge < -0.3 is 19.3 Å². The molecule has 4 heterocycles. The van der Waals surface area contributed by atoms with Crippen molar-refractivity contribution in [2.75, 3.05) is 43.6 Å². The number of anilines is 2. The van der Waals surface area contributed by atoms with Crippen molar-refractivity contribution in [1.82, 2.24) is 19.9 Å². The number of rotatable bonds is 4. The first kappa shape index (κ1) is 17.0. The van der Waals surface area contributed by atoms with Gasteiger partial charge in [-0.2, -0.15) is 0 Å². The predicted octanol–water partition coefficient (Wildman–Crippen LogP) is 1.46. The highest BCUT2D eigenvalue weighted by molar-refractivity contribution is 5.52. The molecular formula is C18H24N6O2. The number of hydrogen-bond donors (Lipinski definition) is 0. The molecule has 138 valence electrons. The molecule has 26 heavy (non-hydrogen) atoms. The standard InChI is InChI=1S/C18H24N6O2/c1-13-8-19-9-17(22-13)26-14-4-5-25-18(7-14)10-24(11-18)16-6-15(23(2)3)20-12-21-16/h6,8-9,12,14H,4-5,7,10-11H2,1-3H3/t14-/m0/s1. The molecule has 0 aliphatic carbocycles. The molecule has 0 saturated carbocycles. The van der Waals surface area contributed by atoms with Gasteiger partial charge in [0.1, 0.15) is 29.7 Å². The van der Waals surface area contributed by atoms with Crippen LogP contribution >= 0.6 is 0 Å². The molecule has 2 aromatic heterocycles. The van der Waals surface area contributed by atoms with Crippen LogP contribution in [0.3, 0.4) is 0 Å². The van der Waals surface area contributed by atoms with Gasteiger partial charge in [-0.1, -0.05) is 0 Å². The Morgan fingerprint density at radius 1 is 1.27 bits per heavy atom. The highest BCUT2D eigenvalue weighted by atomic mass is 16.5. The van der Waals surface area contributed by atoms with E-state index < -0.39 is 0 Å². The Bertz CT molecular complexity index is 778. The molecule has 1 spiro atoms. The van der Waals surface area contributed by atoms with Gasteiger partial charge in [0.15, 0.2) is 0 Å². The van der Waals surface area contributed by atoms with E-state index in [4.69, 9.17) is 9.47 Å². The van der Waals surface area contributed by atoms with Crippen molar-refractivity contribution in [2.45, 2.75) is 31.5 Å². The zero-order valence-corrected chi connectivity index (χ0v) is 15.4. The Hall–Kier alpha value is -2.48. The molecule has 2 aliphatic heterocycles. The van der Waals surface area contributed by atoms with Crippen LogP contribution in [0.2, 0.25) is 0 Å². The molecule has 2 saturated heterocycles. The zero-order chi connectivity index (χ0) is 18.1. The van der Waals surface area contributed by atoms with Crippen LogP contribution in [0.4, 0.5) is 11.6 Å². The second-order valence-corrected chi connectivity index (χ2v) is 7.25. The molecule has 0 amide bonds. The number of nitrogens with zero attached hydrogens (tertiary/aromatic N) is 6. The number of ether oxygens (including phenoxy) is 2. The molecule has 0 N–H and O–H groups in total. The number of aromatic nitrogens is 4. The summed E-state index contributed by atoms with van der Waals surface area (Å²) in [4.78, 5) is 21.4. The molecule has 0 radical (unpaired) electrons. The van der Waals surface area contributed by atoms with Crippen molar-refractivity contribution in [1.29, 1.82) is 0 Å². The lowest BCUT2D eigenvalue weighted by Gasteiger charge is -2.53. The lowest BCUT2D eigenvalue weighted by Crippen LogP contribution is -2.66. The van der Waals surface area contributed by atoms with E-state index in [1.165, 1.54) is 0 Å². The Morgan fingerprint density at radius 2 is 2.12 bits per heavy atom. The normalized spacial score (nSPS) is 21.3. The second-order valence-electron chi connectivity index (χ2n) is 7.25. The van der Waals surface area contributed by atoms with Gasteiger partial charge in [0.2, 0.25) is 5.88 Å². The van der Waals surface area contributed by atoms with Crippen LogP contribution < -0.4 is 14.5 Å². The first-order valence-electron chi connectivity index (χ1n) is 8.87. The van der Waals surface area contributed by atoms with Crippen LogP contribution in [0.1, 0.15) is 18.5 Å². The van der Waals surface area contributed by atoms with E-state index in [2.05, 4.69) is 24.8 Å². The van der Waals surface area contributed by atoms with E-state index in [0.29, 0.717) is 12.5 Å². The quantitative estimate of drug-likeness (QED) is 0.815. The third kappa shape index (κ3) is 3.41. The number of hydrogen-bond acceptors (Lipinski definition) is 8. The average Bonchev–Trinajstić information content (AvgIpc) is 2.60. The highest BCUT2D eigenvalue weighted by Gasteiger charge is 2.48. The first-order chi connectivity index (χ1) is 12.5. The Kier molecular flexibility index (Phi) is 4.36. The minimum absolute atomic E-state index is 0.102. The summed E-state index contributed by atoms with van der Waals surface area (Å²) >= 11 is 0. The van der Waals surface area contributed by atoms with Gasteiger partial charge in [0.05, 0.1) is 31.6 Å². The summed E-state index contributed by atoms with van der Waals surface area (Å²) in [6.45, 7) is 4.25. The van der Waals surface area contributed by atoms with Crippen molar-refractivity contribution in [3.05, 3.63) is 30.5 Å². The molecule has 0 unspecified atom stereocenters. The maximum atomic E-state index is 6.11. The molecule has 8 nitrogen and oxygen atoms in total. The van der Waals surface area contributed by atoms with Gasteiger partial charge in [0.25, 0.3) is 0 Å². The van der Waals surface area contributed by atoms with Crippen LogP contribution in [-0.4, -0.2) is 65.4 Å². The summed E-state index contributed by atoms with van der Waals surface area (Å²) in [6, 6.07) is 2.01. The van der Waals surface area contributed by atoms with Crippen molar-refractivity contribution in [3.63, 3.8) is 0 Å². The summed E-state index contributed by atoms with van der Waals surface area (Å²) in [6.07, 6.45) is 6.84. The molecule has 2 aliphatic rings. The van der Waals surface area contributed by atoms with Crippen molar-refractivity contribution < 1.29 is 9.47 Å². The highest BCUT2D eigenvalue weighted by Crippen LogP contribution is 2.37. The van der Waals surface area contributed by atoms with Crippen LogP contribution in [0.25, 0.3) is 0 Å². The third-order valence-electron chi connectivity index (χ3n) is 4.85. The van der Waals surface area contributed by atoms with Crippen molar-refractivity contribution >= 4 is 11.6 Å². The minimum Gasteiger partial charge on any atom is -0.473 e. The SMILES string of the molecule is Cc1cncc(O[C@H]2CCOC3(C2)CN(c2cc(N(C)C)ncn2)C3)n1. The predicted molar refractivity (Wildman–Crippen MR) is 97.7 cm³/mol. The van der Waals surface area contributed by atoms with Gasteiger partial charge >= 0.3 is 0 Å². The minimum atomic E-state index is -0.163. The molecule has 0 aromatic carbocycles. The number of aryl methyl sites for hydroxylation is 1. The van der Waals surface area contributed by atoms with E-state index in [9.17, 15) is 0 Å². The van der Waals surface area contributed by atoms with E-state index in [-0.39, 0.29) is 11.7 Å². The van der Waals surface area contributed by atoms with Gasteiger partial charge in [-0.25, -0.2) is 15.0 Å². The van der Waals surface area contributed by atoms with Crippen LogP contribution in [-0.2, 0) is 4.74 Å². The van der Waals surface area contributed by atoms with E-state index in [1.54, 1.807) is 18.7 Å². The van der Waals surface area contributed by atoms with Gasteiger partial charge in [-0.3, -0.25) is 4.98 Å². The molecule has 0 bridgehead atoms. The summed E-state index contributed by atoms with van der Waals surface area (Å²) in [5, 5.41) is 0. The van der Waals surface area contributed by atoms with Gasteiger partial charge in [0, 0.05) is 39.2 Å². The Labute approximate surface area is 153 Å². The molecular weight excluding hydrogens is 332 g/mol. The molecule has 1 atom stereocenters. The van der Waals surface area contributed by atoms with E-state index in [1.807, 2.05) is 32.0 Å². The zero-order valence-electron chi connectivity index (χ0n) is 15.4. The van der Waals surface area contributed by atoms with Crippen molar-refractivity contribution in [3.8, 4) is 5.88 Å². The summed E-state index contributed by atoms with van der Waals surface area (Å²) in [5.74, 6) is 2.43. The topological polar surface area (TPSA) is 76.5 Å². The smallest absolute Gasteiger partial charge is 0.232 e. The second kappa shape index (κ2) is 6.68. The maximum Gasteiger partial charge on any atom is 0.232 e. The third-order valence-corrected chi connectivity index (χ3v) is 4.85. The van der Waals surface area contributed by atoms with Crippen LogP contribution in [0.15, 0.2) is 24.8 Å². The van der Waals surface area contributed by atoms with Gasteiger partial charge in [-0.05, 0) is 6.92 Å². The molecule has 4 rings (SSSR count). The van der Waals surface area contributed by atoms with Crippen LogP contribution in [0.5, 0.6) is 5.88 Å². The first-order valence-corrected chi connectivity index (χ1v) is 8.87. The van der Waals surface area contributed by atoms with Crippen LogP contribution in [0, 0.1) is 6.92 Å². The van der Waals surface area contributed by atoms with Gasteiger partial charge in [-0.15, -0.1) is 0 Å². The summed E-state index contributed by atoms with van der Waals surface area (Å²) in [7, 11) is 3.95.